The summed E-state index contributed by atoms with van der Waals surface area (Å²) in [6.07, 6.45) is 1.39. The molecule has 6 nitrogen and oxygen atoms in total. The maximum absolute atomic E-state index is 11.5. The molecule has 1 unspecified atom stereocenters. The molecule has 1 aliphatic heterocycles. The molecule has 0 saturated heterocycles. The molecule has 80 valence electrons. The SMILES string of the molecule is O=C(O)CC1Cn2ncc(Br)c2NC1=O. The van der Waals surface area contributed by atoms with Crippen LogP contribution in [0.1, 0.15) is 6.42 Å². The van der Waals surface area contributed by atoms with E-state index in [1.165, 1.54) is 0 Å². The van der Waals surface area contributed by atoms with E-state index in [9.17, 15) is 9.59 Å². The Morgan fingerprint density at radius 1 is 1.80 bits per heavy atom. The van der Waals surface area contributed by atoms with E-state index >= 15 is 0 Å². The van der Waals surface area contributed by atoms with Crippen molar-refractivity contribution in [1.82, 2.24) is 9.78 Å². The van der Waals surface area contributed by atoms with Gasteiger partial charge in [-0.1, -0.05) is 0 Å². The molecule has 2 rings (SSSR count). The number of aromatic nitrogens is 2. The van der Waals surface area contributed by atoms with Gasteiger partial charge in [-0.05, 0) is 15.9 Å². The molecule has 15 heavy (non-hydrogen) atoms. The maximum atomic E-state index is 11.5. The van der Waals surface area contributed by atoms with Gasteiger partial charge >= 0.3 is 5.97 Å². The molecule has 0 aromatic carbocycles. The van der Waals surface area contributed by atoms with Crippen LogP contribution in [0.4, 0.5) is 5.82 Å². The van der Waals surface area contributed by atoms with Crippen molar-refractivity contribution in [3.8, 4) is 0 Å². The summed E-state index contributed by atoms with van der Waals surface area (Å²) in [4.78, 5) is 22.0. The second-order valence-electron chi connectivity index (χ2n) is 3.31. The van der Waals surface area contributed by atoms with E-state index in [4.69, 9.17) is 5.11 Å². The molecule has 0 aliphatic carbocycles. The molecule has 7 heteroatoms. The number of carbonyl (C=O) groups excluding carboxylic acids is 1. The molecule has 1 aliphatic rings. The normalized spacial score (nSPS) is 19.5. The third-order valence-electron chi connectivity index (χ3n) is 2.22. The van der Waals surface area contributed by atoms with Crippen molar-refractivity contribution in [3.63, 3.8) is 0 Å². The average molecular weight is 274 g/mol. The summed E-state index contributed by atoms with van der Waals surface area (Å²) < 4.78 is 2.28. The zero-order valence-electron chi connectivity index (χ0n) is 7.61. The van der Waals surface area contributed by atoms with E-state index in [1.807, 2.05) is 0 Å². The molecule has 0 saturated carbocycles. The van der Waals surface area contributed by atoms with E-state index in [2.05, 4.69) is 26.3 Å². The largest absolute Gasteiger partial charge is 0.481 e. The Balaban J connectivity index is 2.23. The van der Waals surface area contributed by atoms with Crippen molar-refractivity contribution in [2.75, 3.05) is 5.32 Å². The molecule has 0 fully saturated rings. The van der Waals surface area contributed by atoms with Gasteiger partial charge in [-0.15, -0.1) is 0 Å². The summed E-state index contributed by atoms with van der Waals surface area (Å²) in [7, 11) is 0. The minimum atomic E-state index is -0.982. The van der Waals surface area contributed by atoms with Crippen molar-refractivity contribution in [3.05, 3.63) is 10.7 Å². The van der Waals surface area contributed by atoms with E-state index in [-0.39, 0.29) is 12.3 Å². The second-order valence-corrected chi connectivity index (χ2v) is 4.16. The Hall–Kier alpha value is -1.37. The maximum Gasteiger partial charge on any atom is 0.304 e. The third kappa shape index (κ3) is 1.87. The Kier molecular flexibility index (Phi) is 2.47. The fourth-order valence-electron chi connectivity index (χ4n) is 1.50. The summed E-state index contributed by atoms with van der Waals surface area (Å²) in [6.45, 7) is 0.305. The van der Waals surface area contributed by atoms with Crippen molar-refractivity contribution in [2.24, 2.45) is 5.92 Å². The summed E-state index contributed by atoms with van der Waals surface area (Å²) in [6, 6.07) is 0. The number of amides is 1. The smallest absolute Gasteiger partial charge is 0.304 e. The quantitative estimate of drug-likeness (QED) is 0.831. The third-order valence-corrected chi connectivity index (χ3v) is 2.80. The van der Waals surface area contributed by atoms with Crippen LogP contribution in [0.2, 0.25) is 0 Å². The lowest BCUT2D eigenvalue weighted by Crippen LogP contribution is -2.35. The first-order valence-corrected chi connectivity index (χ1v) is 5.11. The van der Waals surface area contributed by atoms with Gasteiger partial charge in [-0.25, -0.2) is 4.68 Å². The van der Waals surface area contributed by atoms with Crippen LogP contribution in [-0.2, 0) is 16.1 Å². The molecule has 1 atom stereocenters. The first kappa shape index (κ1) is 10.2. The zero-order valence-corrected chi connectivity index (χ0v) is 9.19. The molecule has 1 aromatic heterocycles. The highest BCUT2D eigenvalue weighted by Crippen LogP contribution is 2.27. The summed E-state index contributed by atoms with van der Waals surface area (Å²) in [5, 5.41) is 15.2. The predicted molar refractivity (Wildman–Crippen MR) is 54.3 cm³/mol. The highest BCUT2D eigenvalue weighted by molar-refractivity contribution is 9.10. The minimum Gasteiger partial charge on any atom is -0.481 e. The summed E-state index contributed by atoms with van der Waals surface area (Å²) in [5.74, 6) is -1.22. The van der Waals surface area contributed by atoms with E-state index in [1.54, 1.807) is 10.9 Å². The molecule has 1 aromatic rings. The second kappa shape index (κ2) is 3.65. The molecular formula is C8H8BrN3O3. The van der Waals surface area contributed by atoms with Crippen LogP contribution in [0.5, 0.6) is 0 Å². The van der Waals surface area contributed by atoms with Crippen molar-refractivity contribution >= 4 is 33.6 Å². The number of carboxylic acid groups (broad SMARTS) is 1. The van der Waals surface area contributed by atoms with Gasteiger partial charge in [0, 0.05) is 0 Å². The van der Waals surface area contributed by atoms with Crippen LogP contribution in [0.15, 0.2) is 10.7 Å². The van der Waals surface area contributed by atoms with Gasteiger partial charge in [0.2, 0.25) is 5.91 Å². The number of nitrogens with one attached hydrogen (secondary N) is 1. The lowest BCUT2D eigenvalue weighted by atomic mass is 10.0. The van der Waals surface area contributed by atoms with Crippen LogP contribution >= 0.6 is 15.9 Å². The fourth-order valence-corrected chi connectivity index (χ4v) is 1.90. The molecular weight excluding hydrogens is 266 g/mol. The first-order valence-electron chi connectivity index (χ1n) is 4.32. The Bertz CT molecular complexity index is 429. The topological polar surface area (TPSA) is 84.2 Å². The van der Waals surface area contributed by atoms with Gasteiger partial charge in [0.15, 0.2) is 0 Å². The van der Waals surface area contributed by atoms with Crippen molar-refractivity contribution in [1.29, 1.82) is 0 Å². The van der Waals surface area contributed by atoms with E-state index in [0.717, 1.165) is 0 Å². The minimum absolute atomic E-state index is 0.178. The monoisotopic (exact) mass is 273 g/mol. The number of hydrogen-bond donors (Lipinski definition) is 2. The predicted octanol–water partition coefficient (Wildman–Crippen LogP) is 0.689. The van der Waals surface area contributed by atoms with Gasteiger partial charge in [0.25, 0.3) is 0 Å². The van der Waals surface area contributed by atoms with Gasteiger partial charge in [-0.2, -0.15) is 5.10 Å². The Labute approximate surface area is 93.4 Å². The van der Waals surface area contributed by atoms with Crippen LogP contribution < -0.4 is 5.32 Å². The molecule has 1 amide bonds. The number of rotatable bonds is 2. The van der Waals surface area contributed by atoms with E-state index in [0.29, 0.717) is 16.8 Å². The number of fused-ring (bicyclic) bond motifs is 1. The molecule has 0 spiro atoms. The van der Waals surface area contributed by atoms with Crippen LogP contribution in [-0.4, -0.2) is 26.8 Å². The van der Waals surface area contributed by atoms with Crippen LogP contribution in [0.25, 0.3) is 0 Å². The van der Waals surface area contributed by atoms with Crippen molar-refractivity contribution < 1.29 is 14.7 Å². The average Bonchev–Trinajstić information content (AvgIpc) is 2.48. The summed E-state index contributed by atoms with van der Waals surface area (Å²) >= 11 is 3.24. The number of halogens is 1. The van der Waals surface area contributed by atoms with E-state index < -0.39 is 11.9 Å². The van der Waals surface area contributed by atoms with Gasteiger partial charge in [-0.3, -0.25) is 9.59 Å². The number of carboxylic acids is 1. The number of carbonyl (C=O) groups is 2. The van der Waals surface area contributed by atoms with Crippen LogP contribution in [0.3, 0.4) is 0 Å². The zero-order chi connectivity index (χ0) is 11.0. The number of aliphatic carboxylic acids is 1. The Morgan fingerprint density at radius 2 is 2.53 bits per heavy atom. The molecule has 0 radical (unpaired) electrons. The van der Waals surface area contributed by atoms with Gasteiger partial charge in [0.05, 0.1) is 29.6 Å². The number of hydrogen-bond acceptors (Lipinski definition) is 3. The van der Waals surface area contributed by atoms with Gasteiger partial charge < -0.3 is 10.4 Å². The highest BCUT2D eigenvalue weighted by Gasteiger charge is 2.29. The molecule has 2 N–H and O–H groups in total. The molecule has 2 heterocycles. The molecule has 0 bridgehead atoms. The number of nitrogens with zero attached hydrogens (tertiary/aromatic N) is 2. The summed E-state index contributed by atoms with van der Waals surface area (Å²) in [5.41, 5.74) is 0. The van der Waals surface area contributed by atoms with Gasteiger partial charge in [0.1, 0.15) is 5.82 Å². The lowest BCUT2D eigenvalue weighted by Gasteiger charge is -2.22. The standard InChI is InChI=1S/C8H8BrN3O3/c9-5-2-10-12-3-4(1-6(13)14)8(15)11-7(5)12/h2,4H,1,3H2,(H,11,15)(H,13,14). The lowest BCUT2D eigenvalue weighted by molar-refractivity contribution is -0.140. The Morgan fingerprint density at radius 3 is 3.20 bits per heavy atom. The highest BCUT2D eigenvalue weighted by atomic mass is 79.9. The number of anilines is 1. The first-order chi connectivity index (χ1) is 7.08. The van der Waals surface area contributed by atoms with Crippen molar-refractivity contribution in [2.45, 2.75) is 13.0 Å². The van der Waals surface area contributed by atoms with Crippen LogP contribution in [0, 0.1) is 5.92 Å². The fraction of sp³-hybridized carbons (Fsp3) is 0.375.